The largest absolute Gasteiger partial charge is 0.365 e. The highest BCUT2D eigenvalue weighted by atomic mass is 35.5. The molecule has 0 aliphatic heterocycles. The Bertz CT molecular complexity index is 1160. The molecule has 2 aromatic heterocycles. The van der Waals surface area contributed by atoms with Gasteiger partial charge in [-0.25, -0.2) is 24.3 Å². The summed E-state index contributed by atoms with van der Waals surface area (Å²) in [6, 6.07) is 6.55. The molecule has 3 rings (SSSR count). The molecule has 0 unspecified atom stereocenters. The molecule has 1 amide bonds. The first kappa shape index (κ1) is 24.1. The van der Waals surface area contributed by atoms with Crippen molar-refractivity contribution < 1.29 is 9.18 Å². The number of anilines is 3. The minimum absolute atomic E-state index is 0.174. The number of carbonyl (C=O) groups excluding carboxylic acids is 1. The minimum atomic E-state index is -0.715. The van der Waals surface area contributed by atoms with Gasteiger partial charge in [0.25, 0.3) is 0 Å². The van der Waals surface area contributed by atoms with E-state index in [1.54, 1.807) is 24.5 Å². The van der Waals surface area contributed by atoms with Crippen molar-refractivity contribution in [1.29, 1.82) is 0 Å². The second-order valence-corrected chi connectivity index (χ2v) is 8.37. The smallest absolute Gasteiger partial charge is 0.217 e. The third-order valence-electron chi connectivity index (χ3n) is 4.87. The summed E-state index contributed by atoms with van der Waals surface area (Å²) < 4.78 is 14.1. The summed E-state index contributed by atoms with van der Waals surface area (Å²) in [7, 11) is 0. The van der Waals surface area contributed by atoms with Gasteiger partial charge in [-0.15, -0.1) is 0 Å². The Kier molecular flexibility index (Phi) is 7.23. The zero-order chi connectivity index (χ0) is 24.2. The predicted octanol–water partition coefficient (Wildman–Crippen LogP) is 5.03. The van der Waals surface area contributed by atoms with E-state index in [1.807, 2.05) is 26.8 Å². The number of hydrogen-bond donors (Lipinski definition) is 3. The van der Waals surface area contributed by atoms with Crippen molar-refractivity contribution in [1.82, 2.24) is 20.3 Å². The number of benzene rings is 1. The van der Waals surface area contributed by atoms with E-state index in [2.05, 4.69) is 42.6 Å². The second-order valence-electron chi connectivity index (χ2n) is 7.96. The lowest BCUT2D eigenvalue weighted by molar-refractivity contribution is -0.120. The molecule has 172 valence electrons. The molecule has 0 aliphatic carbocycles. The molecule has 0 saturated carbocycles. The molecule has 3 aromatic rings. The van der Waals surface area contributed by atoms with Crippen LogP contribution in [0.2, 0.25) is 5.02 Å². The molecule has 0 aliphatic rings. The average molecular weight is 470 g/mol. The Morgan fingerprint density at radius 1 is 1.27 bits per heavy atom. The summed E-state index contributed by atoms with van der Waals surface area (Å²) in [5.74, 6) is 0.645. The number of aryl methyl sites for hydroxylation is 1. The van der Waals surface area contributed by atoms with Crippen molar-refractivity contribution in [2.45, 2.75) is 39.8 Å². The van der Waals surface area contributed by atoms with Crippen LogP contribution in [0.3, 0.4) is 0 Å². The number of aliphatic imine (C=N–C) groups is 1. The van der Waals surface area contributed by atoms with Gasteiger partial charge in [0.05, 0.1) is 34.3 Å². The van der Waals surface area contributed by atoms with Gasteiger partial charge < -0.3 is 16.0 Å². The van der Waals surface area contributed by atoms with Crippen molar-refractivity contribution in [3.63, 3.8) is 0 Å². The number of nitrogens with zero attached hydrogens (tertiary/aromatic N) is 4. The molecule has 10 heteroatoms. The number of halogens is 2. The first-order chi connectivity index (χ1) is 15.6. The van der Waals surface area contributed by atoms with Crippen LogP contribution in [0.25, 0.3) is 0 Å². The van der Waals surface area contributed by atoms with Gasteiger partial charge in [-0.3, -0.25) is 4.79 Å². The topological polar surface area (TPSA) is 104 Å². The average Bonchev–Trinajstić information content (AvgIpc) is 2.74. The Morgan fingerprint density at radius 2 is 1.97 bits per heavy atom. The summed E-state index contributed by atoms with van der Waals surface area (Å²) in [5, 5.41) is 9.30. The highest BCUT2D eigenvalue weighted by Crippen LogP contribution is 2.33. The fraction of sp³-hybridized carbons (Fsp3) is 0.261. The lowest BCUT2D eigenvalue weighted by Crippen LogP contribution is -2.41. The van der Waals surface area contributed by atoms with Crippen LogP contribution < -0.4 is 16.0 Å². The number of pyridine rings is 1. The third-order valence-corrected chi connectivity index (χ3v) is 5.16. The number of nitrogens with one attached hydrogen (secondary N) is 3. The third kappa shape index (κ3) is 5.81. The Balaban J connectivity index is 1.78. The van der Waals surface area contributed by atoms with Gasteiger partial charge in [-0.2, -0.15) is 0 Å². The number of hydrogen-bond acceptors (Lipinski definition) is 7. The molecule has 0 radical (unpaired) electrons. The SMILES string of the molecule is C=Nc1nc(NCc2c(C)cccc2F)c(Cl)cc1Nc1cnc(C(C)(C)NC(C)=O)nc1. The molecule has 0 spiro atoms. The maximum atomic E-state index is 14.1. The van der Waals surface area contributed by atoms with E-state index in [4.69, 9.17) is 11.6 Å². The fourth-order valence-electron chi connectivity index (χ4n) is 3.24. The molecule has 33 heavy (non-hydrogen) atoms. The molecule has 0 fully saturated rings. The van der Waals surface area contributed by atoms with Crippen LogP contribution in [0.1, 0.15) is 37.7 Å². The second kappa shape index (κ2) is 9.91. The molecule has 2 heterocycles. The van der Waals surface area contributed by atoms with Crippen molar-refractivity contribution in [2.24, 2.45) is 4.99 Å². The number of amides is 1. The molecule has 0 saturated heterocycles. The number of rotatable bonds is 8. The summed E-state index contributed by atoms with van der Waals surface area (Å²) >= 11 is 6.41. The normalized spacial score (nSPS) is 11.1. The van der Waals surface area contributed by atoms with Gasteiger partial charge in [0, 0.05) is 19.0 Å². The zero-order valence-corrected chi connectivity index (χ0v) is 19.6. The van der Waals surface area contributed by atoms with Crippen molar-refractivity contribution in [3.8, 4) is 0 Å². The molecule has 1 aromatic carbocycles. The van der Waals surface area contributed by atoms with Crippen LogP contribution in [0, 0.1) is 12.7 Å². The van der Waals surface area contributed by atoms with Gasteiger partial charge in [0.2, 0.25) is 5.91 Å². The molecule has 8 nitrogen and oxygen atoms in total. The minimum Gasteiger partial charge on any atom is -0.365 e. The molecule has 0 atom stereocenters. The van der Waals surface area contributed by atoms with E-state index < -0.39 is 5.54 Å². The highest BCUT2D eigenvalue weighted by molar-refractivity contribution is 6.33. The molecular weight excluding hydrogens is 445 g/mol. The summed E-state index contributed by atoms with van der Waals surface area (Å²) in [5.41, 5.74) is 1.71. The van der Waals surface area contributed by atoms with E-state index in [-0.39, 0.29) is 18.3 Å². The van der Waals surface area contributed by atoms with E-state index in [1.165, 1.54) is 13.0 Å². The molecule has 3 N–H and O–H groups in total. The maximum absolute atomic E-state index is 14.1. The Hall–Kier alpha value is -3.59. The highest BCUT2D eigenvalue weighted by Gasteiger charge is 2.24. The molecular formula is C23H25ClFN7O. The number of carbonyl (C=O) groups is 1. The van der Waals surface area contributed by atoms with Crippen molar-refractivity contribution >= 4 is 47.2 Å². The summed E-state index contributed by atoms with van der Waals surface area (Å²) in [6.45, 7) is 10.7. The summed E-state index contributed by atoms with van der Waals surface area (Å²) in [6.07, 6.45) is 3.17. The van der Waals surface area contributed by atoms with Gasteiger partial charge in [-0.1, -0.05) is 23.7 Å². The van der Waals surface area contributed by atoms with Crippen molar-refractivity contribution in [3.05, 3.63) is 64.5 Å². The number of aromatic nitrogens is 3. The zero-order valence-electron chi connectivity index (χ0n) is 18.8. The standard InChI is InChI=1S/C23H25ClFN7O/c1-13-7-6-8-18(25)16(13)12-27-20-17(24)9-19(21(26-5)31-20)30-15-10-28-22(29-11-15)23(3,4)32-14(2)33/h6-11,30H,5,12H2,1-4H3,(H,27,31)(H,32,33). The van der Waals surface area contributed by atoms with E-state index in [0.29, 0.717) is 39.4 Å². The monoisotopic (exact) mass is 469 g/mol. The van der Waals surface area contributed by atoms with Gasteiger partial charge in [-0.05, 0) is 45.2 Å². The predicted molar refractivity (Wildman–Crippen MR) is 129 cm³/mol. The van der Waals surface area contributed by atoms with Gasteiger partial charge in [0.15, 0.2) is 11.6 Å². The first-order valence-corrected chi connectivity index (χ1v) is 10.5. The Morgan fingerprint density at radius 3 is 2.58 bits per heavy atom. The van der Waals surface area contributed by atoms with E-state index in [0.717, 1.165) is 5.56 Å². The van der Waals surface area contributed by atoms with E-state index >= 15 is 0 Å². The van der Waals surface area contributed by atoms with Crippen LogP contribution in [-0.2, 0) is 16.9 Å². The Labute approximate surface area is 196 Å². The molecule has 0 bridgehead atoms. The van der Waals surface area contributed by atoms with Gasteiger partial charge in [0.1, 0.15) is 11.6 Å². The maximum Gasteiger partial charge on any atom is 0.217 e. The van der Waals surface area contributed by atoms with Crippen molar-refractivity contribution in [2.75, 3.05) is 10.6 Å². The fourth-order valence-corrected chi connectivity index (χ4v) is 3.46. The van der Waals surface area contributed by atoms with Crippen LogP contribution in [0.5, 0.6) is 0 Å². The van der Waals surface area contributed by atoms with Crippen LogP contribution in [-0.4, -0.2) is 27.6 Å². The quantitative estimate of drug-likeness (QED) is 0.399. The first-order valence-electron chi connectivity index (χ1n) is 10.1. The van der Waals surface area contributed by atoms with Crippen LogP contribution in [0.4, 0.5) is 27.4 Å². The lowest BCUT2D eigenvalue weighted by atomic mass is 10.0. The van der Waals surface area contributed by atoms with Crippen LogP contribution in [0.15, 0.2) is 41.7 Å². The van der Waals surface area contributed by atoms with Gasteiger partial charge >= 0.3 is 0 Å². The van der Waals surface area contributed by atoms with Crippen LogP contribution >= 0.6 is 11.6 Å². The van der Waals surface area contributed by atoms with E-state index in [9.17, 15) is 9.18 Å². The summed E-state index contributed by atoms with van der Waals surface area (Å²) in [4.78, 5) is 28.4. The lowest BCUT2D eigenvalue weighted by Gasteiger charge is -2.23.